The van der Waals surface area contributed by atoms with Gasteiger partial charge in [-0.3, -0.25) is 4.79 Å². The van der Waals surface area contributed by atoms with Gasteiger partial charge in [-0.15, -0.1) is 0 Å². The zero-order valence-electron chi connectivity index (χ0n) is 15.0. The average molecular weight is 330 g/mol. The van der Waals surface area contributed by atoms with Gasteiger partial charge in [-0.2, -0.15) is 0 Å². The van der Waals surface area contributed by atoms with Gasteiger partial charge in [0.05, 0.1) is 0 Å². The maximum absolute atomic E-state index is 13.1. The van der Waals surface area contributed by atoms with Crippen molar-refractivity contribution in [2.45, 2.75) is 32.3 Å². The molecule has 2 bridgehead atoms. The lowest BCUT2D eigenvalue weighted by atomic mass is 9.75. The fraction of sp³-hybridized carbons (Fsp3) is 0.650. The van der Waals surface area contributed by atoms with E-state index in [-0.39, 0.29) is 12.0 Å². The smallest absolute Gasteiger partial charge is 0.252 e. The Morgan fingerprint density at radius 3 is 2.58 bits per heavy atom. The van der Waals surface area contributed by atoms with Crippen molar-refractivity contribution in [3.05, 3.63) is 36.0 Å². The van der Waals surface area contributed by atoms with Gasteiger partial charge < -0.3 is 14.5 Å². The van der Waals surface area contributed by atoms with E-state index in [0.717, 1.165) is 25.1 Å². The molecule has 0 spiro atoms. The maximum atomic E-state index is 13.1. The Morgan fingerprint density at radius 1 is 1.29 bits per heavy atom. The quantitative estimate of drug-likeness (QED) is 0.777. The first-order valence-corrected chi connectivity index (χ1v) is 9.19. The van der Waals surface area contributed by atoms with Crippen molar-refractivity contribution >= 4 is 5.91 Å². The number of amides is 1. The topological polar surface area (TPSA) is 32.8 Å². The number of fused-ring (bicyclic) bond motifs is 3. The molecule has 0 aromatic rings. The first-order valence-electron chi connectivity index (χ1n) is 9.19. The van der Waals surface area contributed by atoms with Crippen molar-refractivity contribution < 1.29 is 9.53 Å². The van der Waals surface area contributed by atoms with Crippen molar-refractivity contribution in [2.75, 3.05) is 39.8 Å². The third kappa shape index (κ3) is 3.35. The van der Waals surface area contributed by atoms with Gasteiger partial charge in [-0.25, -0.2) is 0 Å². The second kappa shape index (κ2) is 7.66. The standard InChI is InChI=1S/C20H30N2O2/c1-4-6-16-9-12-22(13-15(16)5-2)20(23)19(24-3)18-14-21-10-7-17(18)8-11-21/h4-6,17-19H,2,7-14H2,1,3H3/b6-4-. The van der Waals surface area contributed by atoms with Crippen LogP contribution in [-0.2, 0) is 9.53 Å². The van der Waals surface area contributed by atoms with Gasteiger partial charge in [-0.1, -0.05) is 24.8 Å². The molecule has 3 saturated heterocycles. The molecule has 4 heterocycles. The monoisotopic (exact) mass is 330 g/mol. The van der Waals surface area contributed by atoms with Gasteiger partial charge in [-0.05, 0) is 56.3 Å². The van der Waals surface area contributed by atoms with Crippen LogP contribution < -0.4 is 0 Å². The van der Waals surface area contributed by atoms with Crippen molar-refractivity contribution in [3.8, 4) is 0 Å². The molecule has 4 heteroatoms. The van der Waals surface area contributed by atoms with Crippen LogP contribution in [0, 0.1) is 11.8 Å². The summed E-state index contributed by atoms with van der Waals surface area (Å²) in [6, 6.07) is 0. The largest absolute Gasteiger partial charge is 0.371 e. The summed E-state index contributed by atoms with van der Waals surface area (Å²) in [6.07, 6.45) is 9.11. The number of hydrogen-bond acceptors (Lipinski definition) is 3. The van der Waals surface area contributed by atoms with E-state index in [9.17, 15) is 4.79 Å². The molecule has 24 heavy (non-hydrogen) atoms. The number of methoxy groups -OCH3 is 1. The highest BCUT2D eigenvalue weighted by molar-refractivity contribution is 5.82. The molecule has 4 rings (SSSR count). The minimum Gasteiger partial charge on any atom is -0.371 e. The van der Waals surface area contributed by atoms with Crippen LogP contribution in [0.2, 0.25) is 0 Å². The van der Waals surface area contributed by atoms with Gasteiger partial charge in [0, 0.05) is 32.7 Å². The summed E-state index contributed by atoms with van der Waals surface area (Å²) in [5, 5.41) is 0. The summed E-state index contributed by atoms with van der Waals surface area (Å²) in [6.45, 7) is 10.8. The Hall–Kier alpha value is -1.39. The minimum absolute atomic E-state index is 0.162. The number of allylic oxidation sites excluding steroid dienone is 2. The molecule has 0 aliphatic carbocycles. The van der Waals surface area contributed by atoms with Gasteiger partial charge in [0.2, 0.25) is 0 Å². The first kappa shape index (κ1) is 17.4. The highest BCUT2D eigenvalue weighted by Crippen LogP contribution is 2.36. The van der Waals surface area contributed by atoms with E-state index in [2.05, 4.69) is 23.6 Å². The number of ether oxygens (including phenoxy) is 1. The highest BCUT2D eigenvalue weighted by Gasteiger charge is 2.43. The number of nitrogens with zero attached hydrogens (tertiary/aromatic N) is 2. The Kier molecular flexibility index (Phi) is 5.57. The molecule has 0 aromatic carbocycles. The van der Waals surface area contributed by atoms with E-state index in [0.29, 0.717) is 18.4 Å². The molecule has 0 radical (unpaired) electrons. The number of rotatable bonds is 5. The van der Waals surface area contributed by atoms with E-state index in [1.807, 2.05) is 17.9 Å². The number of carbonyl (C=O) groups excluding carboxylic acids is 1. The van der Waals surface area contributed by atoms with Gasteiger partial charge in [0.1, 0.15) is 6.10 Å². The highest BCUT2D eigenvalue weighted by atomic mass is 16.5. The molecule has 0 N–H and O–H groups in total. The fourth-order valence-electron chi connectivity index (χ4n) is 4.57. The molecule has 0 saturated carbocycles. The van der Waals surface area contributed by atoms with Crippen LogP contribution in [0.3, 0.4) is 0 Å². The zero-order chi connectivity index (χ0) is 17.1. The normalized spacial score (nSPS) is 31.6. The van der Waals surface area contributed by atoms with Gasteiger partial charge in [0.15, 0.2) is 0 Å². The molecular formula is C20H30N2O2. The molecule has 1 amide bonds. The number of piperidine rings is 3. The van der Waals surface area contributed by atoms with Crippen LogP contribution in [0.15, 0.2) is 36.0 Å². The van der Waals surface area contributed by atoms with Crippen LogP contribution in [0.25, 0.3) is 0 Å². The SMILES string of the molecule is C=CC1=C(/C=C\C)CCN(C(=O)C(OC)C2CN3CCC2CC3)C1. The predicted molar refractivity (Wildman–Crippen MR) is 96.7 cm³/mol. The van der Waals surface area contributed by atoms with Crippen LogP contribution in [0.5, 0.6) is 0 Å². The van der Waals surface area contributed by atoms with E-state index in [4.69, 9.17) is 4.74 Å². The zero-order valence-corrected chi connectivity index (χ0v) is 15.0. The van der Waals surface area contributed by atoms with Crippen LogP contribution in [0.4, 0.5) is 0 Å². The summed E-state index contributed by atoms with van der Waals surface area (Å²) in [4.78, 5) is 17.6. The summed E-state index contributed by atoms with van der Waals surface area (Å²) in [5.41, 5.74) is 2.46. The second-order valence-corrected chi connectivity index (χ2v) is 7.22. The maximum Gasteiger partial charge on any atom is 0.252 e. The Labute approximate surface area is 145 Å². The summed E-state index contributed by atoms with van der Waals surface area (Å²) >= 11 is 0. The molecule has 132 valence electrons. The van der Waals surface area contributed by atoms with Crippen molar-refractivity contribution in [2.24, 2.45) is 11.8 Å². The molecule has 4 aliphatic heterocycles. The van der Waals surface area contributed by atoms with E-state index < -0.39 is 0 Å². The van der Waals surface area contributed by atoms with Crippen molar-refractivity contribution in [1.82, 2.24) is 9.80 Å². The second-order valence-electron chi connectivity index (χ2n) is 7.22. The lowest BCUT2D eigenvalue weighted by molar-refractivity contribution is -0.150. The first-order chi connectivity index (χ1) is 11.7. The lowest BCUT2D eigenvalue weighted by Crippen LogP contribution is -2.56. The summed E-state index contributed by atoms with van der Waals surface area (Å²) in [7, 11) is 1.69. The third-order valence-electron chi connectivity index (χ3n) is 5.94. The minimum atomic E-state index is -0.299. The number of carbonyl (C=O) groups is 1. The summed E-state index contributed by atoms with van der Waals surface area (Å²) in [5.74, 6) is 1.15. The van der Waals surface area contributed by atoms with Crippen molar-refractivity contribution in [1.29, 1.82) is 0 Å². The third-order valence-corrected chi connectivity index (χ3v) is 5.94. The van der Waals surface area contributed by atoms with E-state index in [1.165, 1.54) is 31.5 Å². The van der Waals surface area contributed by atoms with Crippen LogP contribution >= 0.6 is 0 Å². The number of hydrogen-bond donors (Lipinski definition) is 0. The molecular weight excluding hydrogens is 300 g/mol. The molecule has 2 atom stereocenters. The van der Waals surface area contributed by atoms with E-state index >= 15 is 0 Å². The Bertz CT molecular complexity index is 544. The van der Waals surface area contributed by atoms with E-state index in [1.54, 1.807) is 7.11 Å². The van der Waals surface area contributed by atoms with Crippen LogP contribution in [0.1, 0.15) is 26.2 Å². The average Bonchev–Trinajstić information content (AvgIpc) is 2.64. The molecule has 0 aromatic heterocycles. The Balaban J connectivity index is 1.72. The molecule has 4 nitrogen and oxygen atoms in total. The predicted octanol–water partition coefficient (Wildman–Crippen LogP) is 2.63. The van der Waals surface area contributed by atoms with Gasteiger partial charge in [0.25, 0.3) is 5.91 Å². The fourth-order valence-corrected chi connectivity index (χ4v) is 4.57. The molecule has 2 unspecified atom stereocenters. The van der Waals surface area contributed by atoms with Gasteiger partial charge >= 0.3 is 0 Å². The molecule has 3 fully saturated rings. The lowest BCUT2D eigenvalue weighted by Gasteiger charge is -2.47. The Morgan fingerprint density at radius 2 is 2.04 bits per heavy atom. The summed E-state index contributed by atoms with van der Waals surface area (Å²) < 4.78 is 5.73. The van der Waals surface area contributed by atoms with Crippen molar-refractivity contribution in [3.63, 3.8) is 0 Å². The van der Waals surface area contributed by atoms with Crippen LogP contribution in [-0.4, -0.2) is 61.6 Å². The molecule has 4 aliphatic rings.